The number of hydrogen-bond acceptors (Lipinski definition) is 6. The molecule has 0 saturated heterocycles. The van der Waals surface area contributed by atoms with Crippen LogP contribution in [0, 0.1) is 10.1 Å². The molecule has 0 spiro atoms. The lowest BCUT2D eigenvalue weighted by molar-refractivity contribution is -0.385. The lowest BCUT2D eigenvalue weighted by Crippen LogP contribution is -2.12. The van der Waals surface area contributed by atoms with Crippen LogP contribution >= 0.6 is 0 Å². The number of rotatable bonds is 6. The van der Waals surface area contributed by atoms with E-state index in [0.717, 1.165) is 23.6 Å². The van der Waals surface area contributed by atoms with Crippen LogP contribution in [0.15, 0.2) is 58.8 Å². The molecular weight excluding hydrogens is 370 g/mol. The number of benzene rings is 2. The molecule has 11 heteroatoms. The van der Waals surface area contributed by atoms with Crippen molar-refractivity contribution in [3.8, 4) is 0 Å². The van der Waals surface area contributed by atoms with E-state index in [1.165, 1.54) is 30.3 Å². The lowest BCUT2D eigenvalue weighted by Gasteiger charge is -2.05. The van der Waals surface area contributed by atoms with Crippen LogP contribution in [-0.2, 0) is 20.0 Å². The van der Waals surface area contributed by atoms with Crippen molar-refractivity contribution in [1.29, 1.82) is 0 Å². The Bertz CT molecular complexity index is 1030. The molecule has 3 N–H and O–H groups in total. The SMILES string of the molecule is NS(=O)(=O)c1ccc(NS(=O)(=O)C=Cc2ccccc2[N+](=O)[O-])cc1. The number of nitrogens with zero attached hydrogens (tertiary/aromatic N) is 1. The van der Waals surface area contributed by atoms with Crippen LogP contribution in [-0.4, -0.2) is 21.8 Å². The second-order valence-electron chi connectivity index (χ2n) is 4.84. The quantitative estimate of drug-likeness (QED) is 0.572. The molecule has 0 aliphatic heterocycles. The van der Waals surface area contributed by atoms with Gasteiger partial charge >= 0.3 is 0 Å². The molecule has 2 aromatic rings. The minimum absolute atomic E-state index is 0.111. The number of nitrogens with one attached hydrogen (secondary N) is 1. The van der Waals surface area contributed by atoms with Crippen molar-refractivity contribution in [2.45, 2.75) is 4.90 Å². The smallest absolute Gasteiger partial charge is 0.276 e. The van der Waals surface area contributed by atoms with Crippen LogP contribution in [0.1, 0.15) is 5.56 Å². The highest BCUT2D eigenvalue weighted by molar-refractivity contribution is 7.95. The third kappa shape index (κ3) is 5.11. The molecule has 2 aromatic carbocycles. The van der Waals surface area contributed by atoms with E-state index in [-0.39, 0.29) is 21.8 Å². The predicted molar refractivity (Wildman–Crippen MR) is 92.5 cm³/mol. The topological polar surface area (TPSA) is 149 Å². The van der Waals surface area contributed by atoms with Gasteiger partial charge in [-0.25, -0.2) is 22.0 Å². The highest BCUT2D eigenvalue weighted by Crippen LogP contribution is 2.20. The highest BCUT2D eigenvalue weighted by Gasteiger charge is 2.12. The average molecular weight is 383 g/mol. The van der Waals surface area contributed by atoms with Gasteiger partial charge in [0, 0.05) is 11.8 Å². The Kier molecular flexibility index (Phi) is 5.21. The standard InChI is InChI=1S/C14H13N3O6S2/c15-25(22,23)13-7-5-12(6-8-13)16-24(20,21)10-9-11-3-1-2-4-14(11)17(18)19/h1-10,16H,(H2,15,22,23). The Morgan fingerprint density at radius 2 is 1.60 bits per heavy atom. The summed E-state index contributed by atoms with van der Waals surface area (Å²) in [4.78, 5) is 10.1. The van der Waals surface area contributed by atoms with Crippen LogP contribution in [0.25, 0.3) is 6.08 Å². The molecule has 0 aliphatic carbocycles. The lowest BCUT2D eigenvalue weighted by atomic mass is 10.2. The maximum atomic E-state index is 12.0. The normalized spacial score (nSPS) is 12.2. The molecule has 0 aromatic heterocycles. The monoisotopic (exact) mass is 383 g/mol. The molecule has 25 heavy (non-hydrogen) atoms. The van der Waals surface area contributed by atoms with E-state index < -0.39 is 25.0 Å². The van der Waals surface area contributed by atoms with Gasteiger partial charge in [0.2, 0.25) is 10.0 Å². The first-order valence-electron chi connectivity index (χ1n) is 6.66. The van der Waals surface area contributed by atoms with Gasteiger partial charge < -0.3 is 0 Å². The number of nitro groups is 1. The third-order valence-electron chi connectivity index (χ3n) is 3.00. The molecule has 9 nitrogen and oxygen atoms in total. The van der Waals surface area contributed by atoms with E-state index in [2.05, 4.69) is 4.72 Å². The van der Waals surface area contributed by atoms with Crippen molar-refractivity contribution in [2.75, 3.05) is 4.72 Å². The number of nitro benzene ring substituents is 1. The van der Waals surface area contributed by atoms with Crippen molar-refractivity contribution >= 4 is 37.5 Å². The van der Waals surface area contributed by atoms with Gasteiger partial charge in [-0.15, -0.1) is 0 Å². The summed E-state index contributed by atoms with van der Waals surface area (Å²) in [5.41, 5.74) is 0.00788. The van der Waals surface area contributed by atoms with Gasteiger partial charge in [-0.05, 0) is 36.4 Å². The molecule has 132 valence electrons. The number of sulfonamides is 2. The summed E-state index contributed by atoms with van der Waals surface area (Å²) in [6.45, 7) is 0. The molecular formula is C14H13N3O6S2. The first kappa shape index (κ1) is 18.6. The van der Waals surface area contributed by atoms with Crippen LogP contribution in [0.5, 0.6) is 0 Å². The van der Waals surface area contributed by atoms with E-state index in [4.69, 9.17) is 5.14 Å². The van der Waals surface area contributed by atoms with Gasteiger partial charge in [0.1, 0.15) is 0 Å². The molecule has 2 rings (SSSR count). The summed E-state index contributed by atoms with van der Waals surface area (Å²) < 4.78 is 48.5. The maximum Gasteiger partial charge on any atom is 0.276 e. The predicted octanol–water partition coefficient (Wildman–Crippen LogP) is 1.65. The van der Waals surface area contributed by atoms with Gasteiger partial charge in [-0.2, -0.15) is 0 Å². The van der Waals surface area contributed by atoms with Crippen LogP contribution in [0.3, 0.4) is 0 Å². The molecule has 0 fully saturated rings. The van der Waals surface area contributed by atoms with Crippen LogP contribution < -0.4 is 9.86 Å². The van der Waals surface area contributed by atoms with Gasteiger partial charge in [-0.3, -0.25) is 14.8 Å². The van der Waals surface area contributed by atoms with E-state index in [0.29, 0.717) is 0 Å². The summed E-state index contributed by atoms with van der Waals surface area (Å²) in [6, 6.07) is 10.4. The zero-order valence-electron chi connectivity index (χ0n) is 12.6. The molecule has 0 saturated carbocycles. The molecule has 0 unspecified atom stereocenters. The second kappa shape index (κ2) is 7.01. The fourth-order valence-electron chi connectivity index (χ4n) is 1.87. The van der Waals surface area contributed by atoms with Crippen molar-refractivity contribution in [1.82, 2.24) is 0 Å². The molecule has 0 radical (unpaired) electrons. The fraction of sp³-hybridized carbons (Fsp3) is 0. The van der Waals surface area contributed by atoms with Gasteiger partial charge in [0.15, 0.2) is 0 Å². The average Bonchev–Trinajstić information content (AvgIpc) is 2.52. The number of hydrogen-bond donors (Lipinski definition) is 2. The van der Waals surface area contributed by atoms with Crippen molar-refractivity contribution in [3.05, 3.63) is 69.6 Å². The van der Waals surface area contributed by atoms with Gasteiger partial charge in [0.05, 0.1) is 20.8 Å². The van der Waals surface area contributed by atoms with E-state index in [9.17, 15) is 26.9 Å². The number of anilines is 1. The third-order valence-corrected chi connectivity index (χ3v) is 4.95. The summed E-state index contributed by atoms with van der Waals surface area (Å²) in [5, 5.41) is 16.6. The Labute approximate surface area is 144 Å². The Balaban J connectivity index is 2.22. The van der Waals surface area contributed by atoms with Crippen molar-refractivity contribution < 1.29 is 21.8 Å². The molecule has 0 aliphatic rings. The van der Waals surface area contributed by atoms with E-state index in [1.807, 2.05) is 0 Å². The van der Waals surface area contributed by atoms with Crippen LogP contribution in [0.4, 0.5) is 11.4 Å². The minimum Gasteiger partial charge on any atom is -0.280 e. The Hall–Kier alpha value is -2.76. The summed E-state index contributed by atoms with van der Waals surface area (Å²) >= 11 is 0. The maximum absolute atomic E-state index is 12.0. The first-order valence-corrected chi connectivity index (χ1v) is 9.75. The van der Waals surface area contributed by atoms with Gasteiger partial charge in [-0.1, -0.05) is 12.1 Å². The number of nitrogens with two attached hydrogens (primary N) is 1. The largest absolute Gasteiger partial charge is 0.280 e. The number of para-hydroxylation sites is 1. The zero-order valence-corrected chi connectivity index (χ0v) is 14.2. The van der Waals surface area contributed by atoms with E-state index >= 15 is 0 Å². The van der Waals surface area contributed by atoms with Crippen LogP contribution in [0.2, 0.25) is 0 Å². The van der Waals surface area contributed by atoms with Crippen molar-refractivity contribution in [2.24, 2.45) is 5.14 Å². The Morgan fingerprint density at radius 1 is 1.00 bits per heavy atom. The molecule has 0 amide bonds. The summed E-state index contributed by atoms with van der Waals surface area (Å²) in [7, 11) is -7.83. The second-order valence-corrected chi connectivity index (χ2v) is 7.96. The summed E-state index contributed by atoms with van der Waals surface area (Å²) in [5.74, 6) is 0. The highest BCUT2D eigenvalue weighted by atomic mass is 32.2. The van der Waals surface area contributed by atoms with Crippen molar-refractivity contribution in [3.63, 3.8) is 0 Å². The fourth-order valence-corrected chi connectivity index (χ4v) is 3.24. The molecule has 0 heterocycles. The minimum atomic E-state index is -3.96. The summed E-state index contributed by atoms with van der Waals surface area (Å²) in [6.07, 6.45) is 1.10. The first-order chi connectivity index (χ1) is 11.6. The molecule has 0 bridgehead atoms. The van der Waals surface area contributed by atoms with E-state index in [1.54, 1.807) is 6.07 Å². The van der Waals surface area contributed by atoms with Gasteiger partial charge in [0.25, 0.3) is 15.7 Å². The number of primary sulfonamides is 1. The Morgan fingerprint density at radius 3 is 2.16 bits per heavy atom. The molecule has 0 atom stereocenters. The zero-order chi connectivity index (χ0) is 18.7.